The Morgan fingerprint density at radius 1 is 0.833 bits per heavy atom. The summed E-state index contributed by atoms with van der Waals surface area (Å²) < 4.78 is 15.0. The first kappa shape index (κ1) is 25.3. The van der Waals surface area contributed by atoms with Crippen molar-refractivity contribution in [1.29, 1.82) is 0 Å². The standard InChI is InChI=1S/C21H29FO8/c1-3-5-7-11-9-13(18(23)24)17(21(29)30)12(15(22)8-6-4-2)10-14(19(25)26)16(11)20(27)28/h11-12,15H,3-10H2,1-2H3,(H,23,24)(H,25,26)(H,27,28)(H,29,30)/b16-14-,17-13-. The Morgan fingerprint density at radius 3 is 1.77 bits per heavy atom. The van der Waals surface area contributed by atoms with E-state index in [1.807, 2.05) is 6.92 Å². The lowest BCUT2D eigenvalue weighted by Gasteiger charge is -2.30. The van der Waals surface area contributed by atoms with Gasteiger partial charge in [0, 0.05) is 17.1 Å². The van der Waals surface area contributed by atoms with Crippen LogP contribution in [0.1, 0.15) is 65.2 Å². The van der Waals surface area contributed by atoms with Crippen molar-refractivity contribution in [2.45, 2.75) is 71.4 Å². The molecule has 0 aromatic rings. The van der Waals surface area contributed by atoms with Crippen molar-refractivity contribution in [2.75, 3.05) is 0 Å². The van der Waals surface area contributed by atoms with Crippen molar-refractivity contribution in [2.24, 2.45) is 11.8 Å². The molecule has 30 heavy (non-hydrogen) atoms. The molecule has 0 saturated heterocycles. The van der Waals surface area contributed by atoms with E-state index < -0.39 is 77.0 Å². The smallest absolute Gasteiger partial charge is 0.332 e. The van der Waals surface area contributed by atoms with Crippen LogP contribution in [0.15, 0.2) is 22.3 Å². The third-order valence-corrected chi connectivity index (χ3v) is 5.46. The van der Waals surface area contributed by atoms with Crippen LogP contribution in [0.3, 0.4) is 0 Å². The summed E-state index contributed by atoms with van der Waals surface area (Å²) in [5.41, 5.74) is -2.26. The van der Waals surface area contributed by atoms with E-state index in [4.69, 9.17) is 0 Å². The molecule has 9 heteroatoms. The van der Waals surface area contributed by atoms with Crippen LogP contribution in [0.4, 0.5) is 4.39 Å². The van der Waals surface area contributed by atoms with E-state index in [1.54, 1.807) is 6.92 Å². The summed E-state index contributed by atoms with van der Waals surface area (Å²) in [5.74, 6) is -8.83. The number of hydrogen-bond donors (Lipinski definition) is 4. The summed E-state index contributed by atoms with van der Waals surface area (Å²) in [6.07, 6.45) is -0.754. The molecule has 0 heterocycles. The molecule has 0 aliphatic heterocycles. The highest BCUT2D eigenvalue weighted by Crippen LogP contribution is 2.40. The van der Waals surface area contributed by atoms with Gasteiger partial charge in [0.2, 0.25) is 0 Å². The van der Waals surface area contributed by atoms with E-state index in [0.717, 1.165) is 0 Å². The molecule has 1 aliphatic rings. The minimum atomic E-state index is -1.82. The second-order valence-electron chi connectivity index (χ2n) is 7.52. The zero-order valence-electron chi connectivity index (χ0n) is 17.2. The Hall–Kier alpha value is -2.71. The number of carbonyl (C=O) groups is 4. The molecule has 0 saturated carbocycles. The average Bonchev–Trinajstić information content (AvgIpc) is 2.64. The van der Waals surface area contributed by atoms with Gasteiger partial charge in [0.1, 0.15) is 6.17 Å². The minimum absolute atomic E-state index is 0.0839. The fourth-order valence-electron chi connectivity index (χ4n) is 3.96. The van der Waals surface area contributed by atoms with Gasteiger partial charge in [-0.3, -0.25) is 0 Å². The molecule has 0 radical (unpaired) electrons. The Morgan fingerprint density at radius 2 is 1.33 bits per heavy atom. The van der Waals surface area contributed by atoms with Gasteiger partial charge in [0.05, 0.1) is 11.1 Å². The van der Waals surface area contributed by atoms with Crippen LogP contribution < -0.4 is 0 Å². The van der Waals surface area contributed by atoms with E-state index in [-0.39, 0.29) is 12.8 Å². The molecule has 0 fully saturated rings. The predicted octanol–water partition coefficient (Wildman–Crippen LogP) is 3.66. The summed E-state index contributed by atoms with van der Waals surface area (Å²) in [7, 11) is 0. The van der Waals surface area contributed by atoms with Crippen molar-refractivity contribution >= 4 is 23.9 Å². The highest BCUT2D eigenvalue weighted by molar-refractivity contribution is 6.02. The predicted molar refractivity (Wildman–Crippen MR) is 105 cm³/mol. The maximum absolute atomic E-state index is 15.0. The van der Waals surface area contributed by atoms with Crippen LogP contribution in [-0.2, 0) is 19.2 Å². The van der Waals surface area contributed by atoms with E-state index in [2.05, 4.69) is 0 Å². The molecule has 8 nitrogen and oxygen atoms in total. The second-order valence-corrected chi connectivity index (χ2v) is 7.52. The van der Waals surface area contributed by atoms with Crippen LogP contribution in [-0.4, -0.2) is 50.5 Å². The first-order valence-corrected chi connectivity index (χ1v) is 10.1. The number of halogens is 1. The molecule has 4 N–H and O–H groups in total. The number of alkyl halides is 1. The first-order valence-electron chi connectivity index (χ1n) is 10.1. The molecular weight excluding hydrogens is 399 g/mol. The lowest BCUT2D eigenvalue weighted by molar-refractivity contribution is -0.138. The molecule has 0 amide bonds. The fourth-order valence-corrected chi connectivity index (χ4v) is 3.96. The molecule has 0 aromatic heterocycles. The highest BCUT2D eigenvalue weighted by Gasteiger charge is 2.41. The van der Waals surface area contributed by atoms with Crippen LogP contribution in [0.5, 0.6) is 0 Å². The van der Waals surface area contributed by atoms with E-state index in [0.29, 0.717) is 25.7 Å². The highest BCUT2D eigenvalue weighted by atomic mass is 19.1. The van der Waals surface area contributed by atoms with Crippen molar-refractivity contribution in [1.82, 2.24) is 0 Å². The Balaban J connectivity index is 3.77. The summed E-state index contributed by atoms with van der Waals surface area (Å²) in [5, 5.41) is 38.8. The normalized spacial score (nSPS) is 25.8. The number of rotatable bonds is 11. The topological polar surface area (TPSA) is 149 Å². The maximum atomic E-state index is 15.0. The molecule has 0 aromatic carbocycles. The fraction of sp³-hybridized carbons (Fsp3) is 0.619. The lowest BCUT2D eigenvalue weighted by atomic mass is 9.74. The Kier molecular flexibility index (Phi) is 9.68. The number of carboxylic acids is 4. The molecule has 0 spiro atoms. The summed E-state index contributed by atoms with van der Waals surface area (Å²) in [6.45, 7) is 3.63. The quantitative estimate of drug-likeness (QED) is 0.389. The molecule has 0 bridgehead atoms. The third-order valence-electron chi connectivity index (χ3n) is 5.46. The number of aliphatic carboxylic acids is 4. The maximum Gasteiger partial charge on any atom is 0.332 e. The molecule has 1 rings (SSSR count). The SMILES string of the molecule is CCCCC1C/C(C(=O)O)=C(/C(=O)O)C(C(F)CCCC)C/C(C(=O)O)=C\1C(=O)O. The first-order chi connectivity index (χ1) is 14.1. The van der Waals surface area contributed by atoms with E-state index in [1.165, 1.54) is 0 Å². The number of unbranched alkanes of at least 4 members (excludes halogenated alkanes) is 2. The second kappa shape index (κ2) is 11.5. The lowest BCUT2D eigenvalue weighted by Crippen LogP contribution is -2.32. The molecule has 3 unspecified atom stereocenters. The zero-order valence-corrected chi connectivity index (χ0v) is 17.2. The van der Waals surface area contributed by atoms with Gasteiger partial charge < -0.3 is 20.4 Å². The van der Waals surface area contributed by atoms with Gasteiger partial charge >= 0.3 is 23.9 Å². The minimum Gasteiger partial charge on any atom is -0.478 e. The van der Waals surface area contributed by atoms with Gasteiger partial charge in [0.25, 0.3) is 0 Å². The van der Waals surface area contributed by atoms with Crippen molar-refractivity contribution in [3.05, 3.63) is 22.3 Å². The Labute approximate surface area is 174 Å². The van der Waals surface area contributed by atoms with Gasteiger partial charge in [-0.2, -0.15) is 0 Å². The van der Waals surface area contributed by atoms with Gasteiger partial charge in [-0.15, -0.1) is 0 Å². The van der Waals surface area contributed by atoms with Crippen LogP contribution in [0.2, 0.25) is 0 Å². The van der Waals surface area contributed by atoms with Crippen LogP contribution in [0.25, 0.3) is 0 Å². The van der Waals surface area contributed by atoms with Gasteiger partial charge in [-0.25, -0.2) is 23.6 Å². The van der Waals surface area contributed by atoms with E-state index in [9.17, 15) is 39.6 Å². The van der Waals surface area contributed by atoms with Crippen LogP contribution in [0, 0.1) is 11.8 Å². The number of hydrogen-bond acceptors (Lipinski definition) is 4. The van der Waals surface area contributed by atoms with Crippen LogP contribution >= 0.6 is 0 Å². The van der Waals surface area contributed by atoms with E-state index >= 15 is 4.39 Å². The average molecular weight is 428 g/mol. The molecule has 168 valence electrons. The molecule has 1 aliphatic carbocycles. The monoisotopic (exact) mass is 428 g/mol. The summed E-state index contributed by atoms with van der Waals surface area (Å²) in [6, 6.07) is 0. The van der Waals surface area contributed by atoms with Gasteiger partial charge in [-0.1, -0.05) is 39.5 Å². The summed E-state index contributed by atoms with van der Waals surface area (Å²) >= 11 is 0. The van der Waals surface area contributed by atoms with Crippen molar-refractivity contribution < 1.29 is 44.0 Å². The Bertz CT molecular complexity index is 752. The summed E-state index contributed by atoms with van der Waals surface area (Å²) in [4.78, 5) is 47.7. The molecule has 3 atom stereocenters. The van der Waals surface area contributed by atoms with Crippen molar-refractivity contribution in [3.63, 3.8) is 0 Å². The largest absolute Gasteiger partial charge is 0.478 e. The zero-order chi connectivity index (χ0) is 23.0. The third kappa shape index (κ3) is 6.14. The number of carboxylic acid groups (broad SMARTS) is 4. The van der Waals surface area contributed by atoms with Gasteiger partial charge in [-0.05, 0) is 31.6 Å². The van der Waals surface area contributed by atoms with Gasteiger partial charge in [0.15, 0.2) is 0 Å². The molecular formula is C21H29FO8. The van der Waals surface area contributed by atoms with Crippen molar-refractivity contribution in [3.8, 4) is 0 Å².